The lowest BCUT2D eigenvalue weighted by molar-refractivity contribution is -0.110. The molecular formula is C16H20ClNO5S. The molecule has 1 fully saturated rings. The number of hydrogen-bond donors (Lipinski definition) is 1. The number of carbonyl (C=O) groups excluding carboxylic acids is 2. The van der Waals surface area contributed by atoms with Gasteiger partial charge in [0.25, 0.3) is 0 Å². The Kier molecular flexibility index (Phi) is 4.71. The smallest absolute Gasteiger partial charge is 0.408 e. The Hall–Kier alpha value is -1.60. The molecule has 132 valence electrons. The van der Waals surface area contributed by atoms with Crippen LogP contribution in [0.5, 0.6) is 0 Å². The summed E-state index contributed by atoms with van der Waals surface area (Å²) in [6.45, 7) is 5.03. The summed E-state index contributed by atoms with van der Waals surface area (Å²) in [4.78, 5) is 23.8. The van der Waals surface area contributed by atoms with Gasteiger partial charge in [0.05, 0.1) is 0 Å². The molecule has 1 saturated carbocycles. The molecule has 1 aromatic rings. The summed E-state index contributed by atoms with van der Waals surface area (Å²) in [7, 11) is -3.59. The molecule has 1 amide bonds. The zero-order chi connectivity index (χ0) is 18.3. The zero-order valence-electron chi connectivity index (χ0n) is 13.9. The molecule has 0 heterocycles. The molecule has 1 aliphatic rings. The van der Waals surface area contributed by atoms with Crippen molar-refractivity contribution in [3.05, 3.63) is 34.9 Å². The van der Waals surface area contributed by atoms with Crippen molar-refractivity contribution in [3.8, 4) is 0 Å². The molecular weight excluding hydrogens is 354 g/mol. The minimum Gasteiger partial charge on any atom is -0.444 e. The van der Waals surface area contributed by atoms with Gasteiger partial charge in [-0.15, -0.1) is 0 Å². The first-order valence-corrected chi connectivity index (χ1v) is 9.66. The Morgan fingerprint density at radius 3 is 2.46 bits per heavy atom. The van der Waals surface area contributed by atoms with Crippen LogP contribution < -0.4 is 5.32 Å². The van der Waals surface area contributed by atoms with E-state index in [1.807, 2.05) is 0 Å². The molecule has 0 aliphatic heterocycles. The lowest BCUT2D eigenvalue weighted by atomic mass is 10.1. The molecule has 1 aliphatic carbocycles. The Balaban J connectivity index is 2.38. The Morgan fingerprint density at radius 1 is 1.38 bits per heavy atom. The van der Waals surface area contributed by atoms with Crippen molar-refractivity contribution < 1.29 is 22.7 Å². The van der Waals surface area contributed by atoms with Crippen LogP contribution >= 0.6 is 11.6 Å². The first kappa shape index (κ1) is 18.7. The van der Waals surface area contributed by atoms with Crippen LogP contribution in [0.15, 0.2) is 24.3 Å². The molecule has 8 heteroatoms. The lowest BCUT2D eigenvalue weighted by Crippen LogP contribution is -2.45. The molecule has 0 spiro atoms. The first-order valence-electron chi connectivity index (χ1n) is 7.32. The average Bonchev–Trinajstić information content (AvgIpc) is 3.05. The third-order valence-electron chi connectivity index (χ3n) is 3.76. The highest BCUT2D eigenvalue weighted by atomic mass is 35.5. The van der Waals surface area contributed by atoms with Crippen LogP contribution in [-0.4, -0.2) is 43.4 Å². The maximum atomic E-state index is 12.1. The summed E-state index contributed by atoms with van der Waals surface area (Å²) in [5.41, 5.74) is -1.75. The van der Waals surface area contributed by atoms with Gasteiger partial charge in [-0.1, -0.05) is 23.7 Å². The molecule has 1 N–H and O–H groups in total. The number of halogens is 1. The van der Waals surface area contributed by atoms with Gasteiger partial charge in [-0.3, -0.25) is 0 Å². The van der Waals surface area contributed by atoms with E-state index in [-0.39, 0.29) is 0 Å². The van der Waals surface area contributed by atoms with Crippen molar-refractivity contribution in [1.82, 2.24) is 5.32 Å². The highest BCUT2D eigenvalue weighted by Crippen LogP contribution is 2.54. The molecule has 0 saturated heterocycles. The number of ether oxygens (including phenoxy) is 1. The number of hydrogen-bond acceptors (Lipinski definition) is 5. The van der Waals surface area contributed by atoms with Crippen molar-refractivity contribution in [3.63, 3.8) is 0 Å². The van der Waals surface area contributed by atoms with Crippen molar-refractivity contribution >= 4 is 33.8 Å². The van der Waals surface area contributed by atoms with E-state index in [0.29, 0.717) is 16.9 Å². The molecule has 6 nitrogen and oxygen atoms in total. The summed E-state index contributed by atoms with van der Waals surface area (Å²) in [5.74, 6) is -0.712. The normalized spacial score (nSPS) is 26.5. The van der Waals surface area contributed by atoms with Crippen LogP contribution in [0.2, 0.25) is 5.02 Å². The molecule has 1 aromatic carbocycles. The molecule has 2 rings (SSSR count). The predicted octanol–water partition coefficient (Wildman–Crippen LogP) is 2.31. The number of sulfone groups is 1. The van der Waals surface area contributed by atoms with Crippen LogP contribution in [0.25, 0.3) is 0 Å². The van der Waals surface area contributed by atoms with Gasteiger partial charge < -0.3 is 14.8 Å². The van der Waals surface area contributed by atoms with Crippen LogP contribution in [0.3, 0.4) is 0 Å². The molecule has 0 radical (unpaired) electrons. The predicted molar refractivity (Wildman–Crippen MR) is 91.0 cm³/mol. The largest absolute Gasteiger partial charge is 0.444 e. The number of rotatable bonds is 4. The van der Waals surface area contributed by atoms with Crippen molar-refractivity contribution in [2.45, 2.75) is 43.1 Å². The van der Waals surface area contributed by atoms with Gasteiger partial charge in [0, 0.05) is 17.2 Å². The Labute approximate surface area is 146 Å². The molecule has 0 unspecified atom stereocenters. The van der Waals surface area contributed by atoms with Crippen LogP contribution in [0.4, 0.5) is 4.79 Å². The number of benzene rings is 1. The molecule has 3 atom stereocenters. The topological polar surface area (TPSA) is 89.5 Å². The second-order valence-electron chi connectivity index (χ2n) is 6.96. The van der Waals surface area contributed by atoms with Crippen molar-refractivity contribution in [2.75, 3.05) is 6.26 Å². The van der Waals surface area contributed by atoms with Crippen molar-refractivity contribution in [1.29, 1.82) is 0 Å². The fourth-order valence-electron chi connectivity index (χ4n) is 2.93. The summed E-state index contributed by atoms with van der Waals surface area (Å²) < 4.78 is 29.4. The van der Waals surface area contributed by atoms with Crippen molar-refractivity contribution in [2.24, 2.45) is 0 Å². The minimum absolute atomic E-state index is 0.420. The third kappa shape index (κ3) is 3.72. The SMILES string of the molecule is CC(C)(C)OC(=O)N[C@@]1(C=O)[C@@H](c2cccc(Cl)c2)[C@@H]1S(C)(=O)=O. The zero-order valence-corrected chi connectivity index (χ0v) is 15.4. The third-order valence-corrected chi connectivity index (χ3v) is 5.58. The van der Waals surface area contributed by atoms with Gasteiger partial charge >= 0.3 is 6.09 Å². The van der Waals surface area contributed by atoms with E-state index in [1.54, 1.807) is 45.0 Å². The van der Waals surface area contributed by atoms with Crippen LogP contribution in [0, 0.1) is 0 Å². The number of nitrogens with one attached hydrogen (secondary N) is 1. The van der Waals surface area contributed by atoms with E-state index in [0.717, 1.165) is 6.26 Å². The second kappa shape index (κ2) is 6.04. The van der Waals surface area contributed by atoms with Crippen LogP contribution in [-0.2, 0) is 19.4 Å². The van der Waals surface area contributed by atoms with E-state index in [2.05, 4.69) is 5.32 Å². The fraction of sp³-hybridized carbons (Fsp3) is 0.500. The summed E-state index contributed by atoms with van der Waals surface area (Å²) in [6.07, 6.45) is 0.665. The molecule has 0 bridgehead atoms. The van der Waals surface area contributed by atoms with Gasteiger partial charge in [-0.25, -0.2) is 13.2 Å². The van der Waals surface area contributed by atoms with Gasteiger partial charge in [-0.2, -0.15) is 0 Å². The van der Waals surface area contributed by atoms with E-state index in [9.17, 15) is 18.0 Å². The second-order valence-corrected chi connectivity index (χ2v) is 9.56. The quantitative estimate of drug-likeness (QED) is 0.818. The van der Waals surface area contributed by atoms with E-state index >= 15 is 0 Å². The lowest BCUT2D eigenvalue weighted by Gasteiger charge is -2.22. The maximum Gasteiger partial charge on any atom is 0.408 e. The van der Waals surface area contributed by atoms with Crippen LogP contribution in [0.1, 0.15) is 32.3 Å². The van der Waals surface area contributed by atoms with Gasteiger partial charge in [0.1, 0.15) is 22.7 Å². The van der Waals surface area contributed by atoms with E-state index in [4.69, 9.17) is 16.3 Å². The average molecular weight is 374 g/mol. The highest BCUT2D eigenvalue weighted by Gasteiger charge is 2.71. The first-order chi connectivity index (χ1) is 10.9. The van der Waals surface area contributed by atoms with Gasteiger partial charge in [0.2, 0.25) is 0 Å². The van der Waals surface area contributed by atoms with Gasteiger partial charge in [0.15, 0.2) is 9.84 Å². The summed E-state index contributed by atoms with van der Waals surface area (Å²) in [6, 6.07) is 6.58. The number of carbonyl (C=O) groups is 2. The molecule has 24 heavy (non-hydrogen) atoms. The number of alkyl carbamates (subject to hydrolysis) is 1. The number of amides is 1. The Morgan fingerprint density at radius 2 is 2.00 bits per heavy atom. The van der Waals surface area contributed by atoms with Gasteiger partial charge in [-0.05, 0) is 38.5 Å². The number of aldehydes is 1. The van der Waals surface area contributed by atoms with E-state index < -0.39 is 38.2 Å². The highest BCUT2D eigenvalue weighted by molar-refractivity contribution is 7.91. The minimum atomic E-state index is -3.59. The standard InChI is InChI=1S/C16H20ClNO5S/c1-15(2,3)23-14(20)18-16(9-19)12(13(16)24(4,21)22)10-6-5-7-11(17)8-10/h5-9,12-13H,1-4H3,(H,18,20)/t12-,13-,16-/m0/s1. The Bertz CT molecular complexity index is 771. The molecule has 0 aromatic heterocycles. The summed E-state index contributed by atoms with van der Waals surface area (Å²) in [5, 5.41) is 1.81. The summed E-state index contributed by atoms with van der Waals surface area (Å²) >= 11 is 5.96. The van der Waals surface area contributed by atoms with E-state index in [1.165, 1.54) is 0 Å². The maximum absolute atomic E-state index is 12.1. The fourth-order valence-corrected chi connectivity index (χ4v) is 4.89. The monoisotopic (exact) mass is 373 g/mol.